The molecule has 6 nitrogen and oxygen atoms in total. The number of halogens is 1. The number of thiocarbonyl (C=S) groups is 1. The number of aromatic nitrogens is 2. The largest absolute Gasteiger partial charge is 0.437 e. The van der Waals surface area contributed by atoms with Crippen LogP contribution < -0.4 is 10.3 Å². The molecule has 0 spiro atoms. The number of ether oxygens (including phenoxy) is 1. The number of para-hydroxylation sites is 1. The third kappa shape index (κ3) is 5.60. The van der Waals surface area contributed by atoms with Gasteiger partial charge in [-0.2, -0.15) is 4.98 Å². The molecule has 0 N–H and O–H groups in total. The molecule has 9 heteroatoms. The minimum absolute atomic E-state index is 0.0854. The van der Waals surface area contributed by atoms with Gasteiger partial charge in [0, 0.05) is 12.7 Å². The summed E-state index contributed by atoms with van der Waals surface area (Å²) in [5.41, 5.74) is 1.10. The molecule has 1 amide bonds. The Morgan fingerprint density at radius 1 is 1.11 bits per heavy atom. The monoisotopic (exact) mass is 527 g/mol. The van der Waals surface area contributed by atoms with Gasteiger partial charge in [0.2, 0.25) is 5.88 Å². The SMILES string of the molecule is CCCCCCCN1C(=O)/C(=C\c2c(Oc3ccccc3Cl)nc3c(C)cccn3c2=O)SC1=S. The Hall–Kier alpha value is -2.68. The number of carbonyl (C=O) groups excluding carboxylic acids is 1. The highest BCUT2D eigenvalue weighted by molar-refractivity contribution is 8.26. The van der Waals surface area contributed by atoms with Gasteiger partial charge in [0.15, 0.2) is 0 Å². The minimum Gasteiger partial charge on any atom is -0.437 e. The average molecular weight is 528 g/mol. The predicted molar refractivity (Wildman–Crippen MR) is 146 cm³/mol. The summed E-state index contributed by atoms with van der Waals surface area (Å²) in [4.78, 5) is 33.3. The lowest BCUT2D eigenvalue weighted by Crippen LogP contribution is -2.29. The molecule has 1 aliphatic rings. The quantitative estimate of drug-likeness (QED) is 0.177. The molecule has 1 fully saturated rings. The van der Waals surface area contributed by atoms with E-state index in [1.54, 1.807) is 41.4 Å². The van der Waals surface area contributed by atoms with Gasteiger partial charge in [0.25, 0.3) is 11.5 Å². The first-order chi connectivity index (χ1) is 16.9. The summed E-state index contributed by atoms with van der Waals surface area (Å²) in [6.07, 6.45) is 8.61. The Labute approximate surface area is 219 Å². The lowest BCUT2D eigenvalue weighted by Gasteiger charge is -2.14. The van der Waals surface area contributed by atoms with E-state index >= 15 is 0 Å². The molecule has 1 aliphatic heterocycles. The summed E-state index contributed by atoms with van der Waals surface area (Å²) in [5, 5.41) is 0.389. The lowest BCUT2D eigenvalue weighted by atomic mass is 10.1. The normalized spacial score (nSPS) is 14.9. The molecule has 0 bridgehead atoms. The van der Waals surface area contributed by atoms with Crippen molar-refractivity contribution in [2.45, 2.75) is 46.0 Å². The predicted octanol–water partition coefficient (Wildman–Crippen LogP) is 6.62. The first-order valence-electron chi connectivity index (χ1n) is 11.6. The van der Waals surface area contributed by atoms with Gasteiger partial charge in [0.05, 0.1) is 9.93 Å². The second kappa shape index (κ2) is 11.4. The lowest BCUT2D eigenvalue weighted by molar-refractivity contribution is -0.122. The van der Waals surface area contributed by atoms with Crippen LogP contribution in [0.25, 0.3) is 11.7 Å². The van der Waals surface area contributed by atoms with Crippen LogP contribution in [-0.4, -0.2) is 31.1 Å². The maximum Gasteiger partial charge on any atom is 0.269 e. The smallest absolute Gasteiger partial charge is 0.269 e. The van der Waals surface area contributed by atoms with E-state index in [2.05, 4.69) is 11.9 Å². The molecule has 0 aliphatic carbocycles. The Morgan fingerprint density at radius 3 is 2.66 bits per heavy atom. The topological polar surface area (TPSA) is 63.9 Å². The number of carbonyl (C=O) groups is 1. The number of unbranched alkanes of at least 4 members (excludes halogenated alkanes) is 4. The van der Waals surface area contributed by atoms with Crippen LogP contribution >= 0.6 is 35.6 Å². The van der Waals surface area contributed by atoms with Gasteiger partial charge < -0.3 is 4.74 Å². The van der Waals surface area contributed by atoms with E-state index in [4.69, 9.17) is 28.6 Å². The average Bonchev–Trinajstić information content (AvgIpc) is 3.10. The van der Waals surface area contributed by atoms with Crippen LogP contribution in [0.4, 0.5) is 0 Å². The summed E-state index contributed by atoms with van der Waals surface area (Å²) >= 11 is 13.0. The zero-order chi connectivity index (χ0) is 24.9. The molecule has 0 atom stereocenters. The van der Waals surface area contributed by atoms with E-state index in [1.165, 1.54) is 28.7 Å². The molecule has 182 valence electrons. The summed E-state index contributed by atoms with van der Waals surface area (Å²) in [7, 11) is 0. The molecule has 3 heterocycles. The van der Waals surface area contributed by atoms with Gasteiger partial charge in [-0.1, -0.05) is 86.4 Å². The van der Waals surface area contributed by atoms with Gasteiger partial charge in [-0.15, -0.1) is 0 Å². The maximum absolute atomic E-state index is 13.5. The van der Waals surface area contributed by atoms with Gasteiger partial charge >= 0.3 is 0 Å². The van der Waals surface area contributed by atoms with E-state index in [0.717, 1.165) is 31.2 Å². The van der Waals surface area contributed by atoms with Crippen LogP contribution in [0.3, 0.4) is 0 Å². The fraction of sp³-hybridized carbons (Fsp3) is 0.308. The number of aryl methyl sites for hydroxylation is 1. The number of hydrogen-bond acceptors (Lipinski definition) is 6. The molecule has 0 saturated carbocycles. The zero-order valence-electron chi connectivity index (χ0n) is 19.6. The summed E-state index contributed by atoms with van der Waals surface area (Å²) in [5.74, 6) is 0.253. The van der Waals surface area contributed by atoms with Crippen LogP contribution in [0.1, 0.15) is 50.2 Å². The second-order valence-corrected chi connectivity index (χ2v) is 10.4. The molecular formula is C26H26ClN3O3S2. The summed E-state index contributed by atoms with van der Waals surface area (Å²) in [6.45, 7) is 4.61. The Bertz CT molecular complexity index is 1370. The minimum atomic E-state index is -0.342. The maximum atomic E-state index is 13.5. The number of pyridine rings is 1. The first kappa shape index (κ1) is 25.4. The van der Waals surface area contributed by atoms with Crippen molar-refractivity contribution in [1.82, 2.24) is 14.3 Å². The summed E-state index contributed by atoms with van der Waals surface area (Å²) < 4.78 is 7.97. The summed E-state index contributed by atoms with van der Waals surface area (Å²) in [6, 6.07) is 10.6. The van der Waals surface area contributed by atoms with E-state index in [1.807, 2.05) is 13.0 Å². The van der Waals surface area contributed by atoms with Crippen LogP contribution in [0.2, 0.25) is 5.02 Å². The molecule has 1 aromatic carbocycles. The number of nitrogens with zero attached hydrogens (tertiary/aromatic N) is 3. The highest BCUT2D eigenvalue weighted by Crippen LogP contribution is 2.35. The highest BCUT2D eigenvalue weighted by atomic mass is 35.5. The van der Waals surface area contributed by atoms with Gasteiger partial charge in [0.1, 0.15) is 21.3 Å². The van der Waals surface area contributed by atoms with Crippen molar-refractivity contribution < 1.29 is 9.53 Å². The van der Waals surface area contributed by atoms with E-state index in [0.29, 0.717) is 32.2 Å². The van der Waals surface area contributed by atoms with Crippen molar-refractivity contribution in [2.75, 3.05) is 6.54 Å². The number of hydrogen-bond donors (Lipinski definition) is 0. The first-order valence-corrected chi connectivity index (χ1v) is 13.2. The van der Waals surface area contributed by atoms with Crippen LogP contribution in [0.15, 0.2) is 52.3 Å². The molecule has 2 aromatic heterocycles. The molecule has 3 aromatic rings. The van der Waals surface area contributed by atoms with E-state index in [-0.39, 0.29) is 22.9 Å². The second-order valence-electron chi connectivity index (χ2n) is 8.30. The third-order valence-corrected chi connectivity index (χ3v) is 7.42. The fourth-order valence-electron chi connectivity index (χ4n) is 3.82. The van der Waals surface area contributed by atoms with Crippen molar-refractivity contribution in [1.29, 1.82) is 0 Å². The van der Waals surface area contributed by atoms with E-state index < -0.39 is 0 Å². The number of rotatable bonds is 9. The highest BCUT2D eigenvalue weighted by Gasteiger charge is 2.32. The number of fused-ring (bicyclic) bond motifs is 1. The Kier molecular flexibility index (Phi) is 8.26. The number of thioether (sulfide) groups is 1. The van der Waals surface area contributed by atoms with Crippen molar-refractivity contribution in [2.24, 2.45) is 0 Å². The van der Waals surface area contributed by atoms with Crippen molar-refractivity contribution in [3.8, 4) is 11.6 Å². The van der Waals surface area contributed by atoms with Crippen LogP contribution in [0, 0.1) is 6.92 Å². The van der Waals surface area contributed by atoms with Crippen molar-refractivity contribution >= 4 is 57.5 Å². The number of amides is 1. The Morgan fingerprint density at radius 2 is 1.89 bits per heavy atom. The number of benzene rings is 1. The molecule has 0 radical (unpaired) electrons. The van der Waals surface area contributed by atoms with Crippen molar-refractivity contribution in [3.63, 3.8) is 0 Å². The zero-order valence-corrected chi connectivity index (χ0v) is 22.0. The van der Waals surface area contributed by atoms with E-state index in [9.17, 15) is 9.59 Å². The van der Waals surface area contributed by atoms with Crippen LogP contribution in [-0.2, 0) is 4.79 Å². The van der Waals surface area contributed by atoms with Gasteiger partial charge in [-0.25, -0.2) is 0 Å². The van der Waals surface area contributed by atoms with Crippen molar-refractivity contribution in [3.05, 3.63) is 74.0 Å². The van der Waals surface area contributed by atoms with Crippen LogP contribution in [0.5, 0.6) is 11.6 Å². The molecular weight excluding hydrogens is 502 g/mol. The molecule has 0 unspecified atom stereocenters. The standard InChI is InChI=1S/C26H26ClN3O3S2/c1-3-4-5-6-9-14-30-25(32)21(35-26(30)34)16-18-23(33-20-13-8-7-12-19(20)27)28-22-17(2)11-10-15-29(22)24(18)31/h7-8,10-13,15-16H,3-6,9,14H2,1-2H3/b21-16+. The van der Waals surface area contributed by atoms with Gasteiger partial charge in [-0.05, 0) is 43.2 Å². The molecule has 1 saturated heterocycles. The third-order valence-electron chi connectivity index (χ3n) is 5.73. The Balaban J connectivity index is 1.72. The molecule has 35 heavy (non-hydrogen) atoms. The fourth-order valence-corrected chi connectivity index (χ4v) is 5.29. The molecule has 4 rings (SSSR count). The van der Waals surface area contributed by atoms with Gasteiger partial charge in [-0.3, -0.25) is 18.9 Å².